The Labute approximate surface area is 153 Å². The van der Waals surface area contributed by atoms with Gasteiger partial charge in [-0.15, -0.1) is 0 Å². The molecule has 1 saturated heterocycles. The van der Waals surface area contributed by atoms with Gasteiger partial charge in [0, 0.05) is 39.8 Å². The van der Waals surface area contributed by atoms with Crippen molar-refractivity contribution < 1.29 is 17.6 Å². The molecule has 1 aromatic rings. The van der Waals surface area contributed by atoms with Gasteiger partial charge in [-0.25, -0.2) is 12.8 Å². The summed E-state index contributed by atoms with van der Waals surface area (Å²) >= 11 is 0. The highest BCUT2D eigenvalue weighted by Crippen LogP contribution is 2.19. The monoisotopic (exact) mass is 382 g/mol. The number of benzene rings is 1. The molecule has 9 heteroatoms. The largest absolute Gasteiger partial charge is 0.343 e. The van der Waals surface area contributed by atoms with Crippen LogP contribution in [0.4, 0.5) is 4.39 Å². The smallest absolute Gasteiger partial charge is 0.243 e. The first kappa shape index (κ1) is 20.3. The number of amides is 1. The SMILES string of the molecule is CC(C(=O)N(C)CCC#N)N1CCN(S(=O)(=O)c2ccc(F)cc2)CC1. The molecule has 0 saturated carbocycles. The lowest BCUT2D eigenvalue weighted by Gasteiger charge is -2.37. The predicted molar refractivity (Wildman–Crippen MR) is 94.1 cm³/mol. The summed E-state index contributed by atoms with van der Waals surface area (Å²) in [5.74, 6) is -0.572. The first-order valence-electron chi connectivity index (χ1n) is 8.39. The second kappa shape index (κ2) is 8.58. The topological polar surface area (TPSA) is 84.7 Å². The number of hydrogen-bond acceptors (Lipinski definition) is 5. The first-order valence-corrected chi connectivity index (χ1v) is 9.83. The summed E-state index contributed by atoms with van der Waals surface area (Å²) in [7, 11) is -2.01. The Balaban J connectivity index is 1.97. The summed E-state index contributed by atoms with van der Waals surface area (Å²) in [6, 6.07) is 6.40. The number of carbonyl (C=O) groups is 1. The van der Waals surface area contributed by atoms with Gasteiger partial charge in [0.05, 0.1) is 23.4 Å². The highest BCUT2D eigenvalue weighted by molar-refractivity contribution is 7.89. The highest BCUT2D eigenvalue weighted by atomic mass is 32.2. The van der Waals surface area contributed by atoms with Gasteiger partial charge in [-0.2, -0.15) is 9.57 Å². The number of nitrogens with zero attached hydrogens (tertiary/aromatic N) is 4. The van der Waals surface area contributed by atoms with Crippen molar-refractivity contribution in [2.45, 2.75) is 24.3 Å². The van der Waals surface area contributed by atoms with E-state index in [0.29, 0.717) is 19.6 Å². The van der Waals surface area contributed by atoms with Crippen LogP contribution in [-0.4, -0.2) is 74.2 Å². The molecule has 26 heavy (non-hydrogen) atoms. The molecule has 0 N–H and O–H groups in total. The zero-order valence-electron chi connectivity index (χ0n) is 14.9. The molecule has 2 rings (SSSR count). The number of sulfonamides is 1. The third kappa shape index (κ3) is 4.58. The molecular weight excluding hydrogens is 359 g/mol. The minimum atomic E-state index is -3.67. The third-order valence-corrected chi connectivity index (χ3v) is 6.48. The van der Waals surface area contributed by atoms with Gasteiger partial charge in [0.15, 0.2) is 0 Å². The van der Waals surface area contributed by atoms with Crippen LogP contribution < -0.4 is 0 Å². The van der Waals surface area contributed by atoms with Gasteiger partial charge >= 0.3 is 0 Å². The predicted octanol–water partition coefficient (Wildman–Crippen LogP) is 0.893. The maximum absolute atomic E-state index is 13.0. The van der Waals surface area contributed by atoms with Crippen molar-refractivity contribution in [2.75, 3.05) is 39.8 Å². The number of piperazine rings is 1. The summed E-state index contributed by atoms with van der Waals surface area (Å²) in [6.07, 6.45) is 0.276. The van der Waals surface area contributed by atoms with Crippen molar-refractivity contribution in [3.63, 3.8) is 0 Å². The molecule has 7 nitrogen and oxygen atoms in total. The fourth-order valence-electron chi connectivity index (χ4n) is 2.89. The molecule has 1 amide bonds. The Hall–Kier alpha value is -2.02. The number of hydrogen-bond donors (Lipinski definition) is 0. The molecule has 1 aliphatic heterocycles. The molecular formula is C17H23FN4O3S. The van der Waals surface area contributed by atoms with Crippen LogP contribution in [0.15, 0.2) is 29.2 Å². The lowest BCUT2D eigenvalue weighted by Crippen LogP contribution is -2.55. The van der Waals surface area contributed by atoms with E-state index in [0.717, 1.165) is 12.1 Å². The van der Waals surface area contributed by atoms with Gasteiger partial charge in [0.1, 0.15) is 5.82 Å². The van der Waals surface area contributed by atoms with Crippen LogP contribution in [0.2, 0.25) is 0 Å². The third-order valence-electron chi connectivity index (χ3n) is 4.56. The van der Waals surface area contributed by atoms with Crippen LogP contribution in [-0.2, 0) is 14.8 Å². The molecule has 1 atom stereocenters. The normalized spacial score (nSPS) is 17.5. The molecule has 1 heterocycles. The summed E-state index contributed by atoms with van der Waals surface area (Å²) in [6.45, 7) is 3.55. The van der Waals surface area contributed by atoms with Crippen molar-refractivity contribution in [1.29, 1.82) is 5.26 Å². The Morgan fingerprint density at radius 3 is 2.38 bits per heavy atom. The molecule has 142 valence electrons. The lowest BCUT2D eigenvalue weighted by atomic mass is 10.2. The molecule has 0 radical (unpaired) electrons. The number of nitriles is 1. The Kier molecular flexibility index (Phi) is 6.69. The van der Waals surface area contributed by atoms with Crippen molar-refractivity contribution in [3.8, 4) is 6.07 Å². The molecule has 1 aromatic carbocycles. The summed E-state index contributed by atoms with van der Waals surface area (Å²) in [5, 5.41) is 8.62. The van der Waals surface area contributed by atoms with E-state index < -0.39 is 15.8 Å². The van der Waals surface area contributed by atoms with Crippen molar-refractivity contribution in [1.82, 2.24) is 14.1 Å². The quantitative estimate of drug-likeness (QED) is 0.730. The van der Waals surface area contributed by atoms with E-state index in [1.165, 1.54) is 21.3 Å². The number of rotatable bonds is 6. The summed E-state index contributed by atoms with van der Waals surface area (Å²) < 4.78 is 39.6. The van der Waals surface area contributed by atoms with Crippen LogP contribution >= 0.6 is 0 Å². The van der Waals surface area contributed by atoms with E-state index in [1.807, 2.05) is 11.0 Å². The molecule has 0 aromatic heterocycles. The maximum atomic E-state index is 13.0. The van der Waals surface area contributed by atoms with Crippen LogP contribution in [0.3, 0.4) is 0 Å². The Morgan fingerprint density at radius 2 is 1.85 bits per heavy atom. The maximum Gasteiger partial charge on any atom is 0.243 e. The lowest BCUT2D eigenvalue weighted by molar-refractivity contribution is -0.135. The van der Waals surface area contributed by atoms with E-state index in [4.69, 9.17) is 5.26 Å². The van der Waals surface area contributed by atoms with Crippen LogP contribution in [0.5, 0.6) is 0 Å². The van der Waals surface area contributed by atoms with Crippen LogP contribution in [0, 0.1) is 17.1 Å². The minimum Gasteiger partial charge on any atom is -0.343 e. The highest BCUT2D eigenvalue weighted by Gasteiger charge is 2.32. The van der Waals surface area contributed by atoms with E-state index >= 15 is 0 Å². The number of carbonyl (C=O) groups excluding carboxylic acids is 1. The minimum absolute atomic E-state index is 0.0627. The zero-order chi connectivity index (χ0) is 19.3. The van der Waals surface area contributed by atoms with Gasteiger partial charge < -0.3 is 4.90 Å². The number of halogens is 1. The first-order chi connectivity index (χ1) is 12.3. The van der Waals surface area contributed by atoms with Crippen molar-refractivity contribution in [3.05, 3.63) is 30.1 Å². The van der Waals surface area contributed by atoms with E-state index in [1.54, 1.807) is 14.0 Å². The average Bonchev–Trinajstić information content (AvgIpc) is 2.65. The molecule has 0 spiro atoms. The second-order valence-electron chi connectivity index (χ2n) is 6.24. The van der Waals surface area contributed by atoms with Gasteiger partial charge in [0.2, 0.25) is 15.9 Å². The Bertz CT molecular complexity index is 768. The fourth-order valence-corrected chi connectivity index (χ4v) is 4.31. The molecule has 1 unspecified atom stereocenters. The number of likely N-dealkylation sites (N-methyl/N-ethyl adjacent to an activating group) is 1. The van der Waals surface area contributed by atoms with Crippen molar-refractivity contribution >= 4 is 15.9 Å². The van der Waals surface area contributed by atoms with Crippen LogP contribution in [0.25, 0.3) is 0 Å². The molecule has 0 aliphatic carbocycles. The molecule has 0 bridgehead atoms. The van der Waals surface area contributed by atoms with Gasteiger partial charge in [-0.3, -0.25) is 9.69 Å². The standard InChI is InChI=1S/C17H23FN4O3S/c1-14(17(23)20(2)9-3-8-19)21-10-12-22(13-11-21)26(24,25)16-6-4-15(18)5-7-16/h4-7,14H,3,9-13H2,1-2H3. The van der Waals surface area contributed by atoms with Gasteiger partial charge in [0.25, 0.3) is 0 Å². The average molecular weight is 382 g/mol. The summed E-state index contributed by atoms with van der Waals surface area (Å²) in [4.78, 5) is 15.9. The molecule has 1 fully saturated rings. The summed E-state index contributed by atoms with van der Waals surface area (Å²) in [5.41, 5.74) is 0. The fraction of sp³-hybridized carbons (Fsp3) is 0.529. The van der Waals surface area contributed by atoms with E-state index in [9.17, 15) is 17.6 Å². The Morgan fingerprint density at radius 1 is 1.27 bits per heavy atom. The van der Waals surface area contributed by atoms with Gasteiger partial charge in [-0.1, -0.05) is 0 Å². The molecule has 1 aliphatic rings. The van der Waals surface area contributed by atoms with Gasteiger partial charge in [-0.05, 0) is 31.2 Å². The van der Waals surface area contributed by atoms with E-state index in [-0.39, 0.29) is 36.4 Å². The zero-order valence-corrected chi connectivity index (χ0v) is 15.7. The van der Waals surface area contributed by atoms with Crippen LogP contribution in [0.1, 0.15) is 13.3 Å². The second-order valence-corrected chi connectivity index (χ2v) is 8.18. The van der Waals surface area contributed by atoms with Crippen molar-refractivity contribution in [2.24, 2.45) is 0 Å². The van der Waals surface area contributed by atoms with E-state index in [2.05, 4.69) is 0 Å².